The fraction of sp³-hybridized carbons (Fsp3) is 0.923. The fourth-order valence-electron chi connectivity index (χ4n) is 1.56. The SMILES string of the molecule is CCCCCCN=C(N)NCCCCCC. The number of aliphatic imine (C=N–C) groups is 1. The van der Waals surface area contributed by atoms with Gasteiger partial charge in [0, 0.05) is 13.1 Å². The van der Waals surface area contributed by atoms with Crippen molar-refractivity contribution in [3.05, 3.63) is 0 Å². The Morgan fingerprint density at radius 3 is 2.19 bits per heavy atom. The van der Waals surface area contributed by atoms with Gasteiger partial charge in [-0.05, 0) is 12.8 Å². The maximum Gasteiger partial charge on any atom is 0.188 e. The summed E-state index contributed by atoms with van der Waals surface area (Å²) in [6, 6.07) is 0. The van der Waals surface area contributed by atoms with Crippen molar-refractivity contribution in [2.24, 2.45) is 10.7 Å². The van der Waals surface area contributed by atoms with E-state index in [1.807, 2.05) is 0 Å². The zero-order valence-electron chi connectivity index (χ0n) is 11.1. The molecule has 0 rings (SSSR count). The van der Waals surface area contributed by atoms with Crippen LogP contribution in [0.15, 0.2) is 4.99 Å². The number of nitrogens with two attached hydrogens (primary N) is 1. The van der Waals surface area contributed by atoms with Crippen LogP contribution in [0.4, 0.5) is 0 Å². The molecule has 3 nitrogen and oxygen atoms in total. The molecule has 0 radical (unpaired) electrons. The number of nitrogens with one attached hydrogen (secondary N) is 1. The standard InChI is InChI=1S/C13H29N3/c1-3-5-7-9-11-15-13(14)16-12-10-8-6-4-2/h3-12H2,1-2H3,(H3,14,15,16). The van der Waals surface area contributed by atoms with E-state index in [1.54, 1.807) is 0 Å². The summed E-state index contributed by atoms with van der Waals surface area (Å²) in [5.74, 6) is 0.619. The monoisotopic (exact) mass is 227 g/mol. The molecule has 0 aliphatic heterocycles. The van der Waals surface area contributed by atoms with Gasteiger partial charge in [0.05, 0.1) is 0 Å². The molecule has 0 aliphatic carbocycles. The van der Waals surface area contributed by atoms with Crippen molar-refractivity contribution in [3.63, 3.8) is 0 Å². The highest BCUT2D eigenvalue weighted by Gasteiger charge is 1.91. The first-order valence-corrected chi connectivity index (χ1v) is 6.85. The zero-order chi connectivity index (χ0) is 12.1. The summed E-state index contributed by atoms with van der Waals surface area (Å²) in [6.07, 6.45) is 10.1. The highest BCUT2D eigenvalue weighted by atomic mass is 15.1. The van der Waals surface area contributed by atoms with Crippen molar-refractivity contribution in [1.29, 1.82) is 0 Å². The van der Waals surface area contributed by atoms with E-state index in [2.05, 4.69) is 24.2 Å². The van der Waals surface area contributed by atoms with Gasteiger partial charge in [0.1, 0.15) is 0 Å². The lowest BCUT2D eigenvalue weighted by Gasteiger charge is -2.05. The van der Waals surface area contributed by atoms with Crippen LogP contribution < -0.4 is 11.1 Å². The molecule has 0 saturated heterocycles. The second kappa shape index (κ2) is 12.3. The van der Waals surface area contributed by atoms with Gasteiger partial charge in [-0.15, -0.1) is 0 Å². The number of nitrogens with zero attached hydrogens (tertiary/aromatic N) is 1. The summed E-state index contributed by atoms with van der Waals surface area (Å²) < 4.78 is 0. The minimum Gasteiger partial charge on any atom is -0.370 e. The van der Waals surface area contributed by atoms with Gasteiger partial charge in [-0.1, -0.05) is 52.4 Å². The Morgan fingerprint density at radius 2 is 1.56 bits per heavy atom. The quantitative estimate of drug-likeness (QED) is 0.342. The Labute approximate surface area is 101 Å². The number of hydrogen-bond acceptors (Lipinski definition) is 1. The topological polar surface area (TPSA) is 50.4 Å². The molecule has 0 spiro atoms. The highest BCUT2D eigenvalue weighted by Crippen LogP contribution is 1.98. The Morgan fingerprint density at radius 1 is 0.938 bits per heavy atom. The molecule has 3 N–H and O–H groups in total. The van der Waals surface area contributed by atoms with E-state index in [1.165, 1.54) is 44.9 Å². The lowest BCUT2D eigenvalue weighted by Crippen LogP contribution is -2.32. The molecule has 16 heavy (non-hydrogen) atoms. The van der Waals surface area contributed by atoms with E-state index >= 15 is 0 Å². The van der Waals surface area contributed by atoms with Crippen molar-refractivity contribution < 1.29 is 0 Å². The number of guanidine groups is 1. The largest absolute Gasteiger partial charge is 0.370 e. The molecule has 0 heterocycles. The molecule has 0 aromatic rings. The average Bonchev–Trinajstić information content (AvgIpc) is 2.28. The van der Waals surface area contributed by atoms with Gasteiger partial charge in [-0.2, -0.15) is 0 Å². The predicted octanol–water partition coefficient (Wildman–Crippen LogP) is 3.05. The van der Waals surface area contributed by atoms with Crippen LogP contribution in [0.1, 0.15) is 65.2 Å². The van der Waals surface area contributed by atoms with E-state index in [0.717, 1.165) is 19.5 Å². The molecular weight excluding hydrogens is 198 g/mol. The van der Waals surface area contributed by atoms with Crippen LogP contribution in [-0.4, -0.2) is 19.0 Å². The van der Waals surface area contributed by atoms with Gasteiger partial charge in [0.25, 0.3) is 0 Å². The maximum atomic E-state index is 5.74. The van der Waals surface area contributed by atoms with Gasteiger partial charge in [0.2, 0.25) is 0 Å². The van der Waals surface area contributed by atoms with Gasteiger partial charge >= 0.3 is 0 Å². The van der Waals surface area contributed by atoms with Crippen molar-refractivity contribution in [2.45, 2.75) is 65.2 Å². The Bertz CT molecular complexity index is 167. The second-order valence-electron chi connectivity index (χ2n) is 4.32. The van der Waals surface area contributed by atoms with Gasteiger partial charge in [0.15, 0.2) is 5.96 Å². The van der Waals surface area contributed by atoms with Crippen LogP contribution in [0, 0.1) is 0 Å². The van der Waals surface area contributed by atoms with E-state index in [9.17, 15) is 0 Å². The molecule has 0 unspecified atom stereocenters. The highest BCUT2D eigenvalue weighted by molar-refractivity contribution is 5.77. The predicted molar refractivity (Wildman–Crippen MR) is 72.8 cm³/mol. The van der Waals surface area contributed by atoms with Crippen LogP contribution >= 0.6 is 0 Å². The average molecular weight is 227 g/mol. The summed E-state index contributed by atoms with van der Waals surface area (Å²) in [7, 11) is 0. The normalized spacial score (nSPS) is 11.8. The van der Waals surface area contributed by atoms with Crippen LogP contribution in [0.25, 0.3) is 0 Å². The third kappa shape index (κ3) is 11.3. The van der Waals surface area contributed by atoms with Crippen molar-refractivity contribution in [3.8, 4) is 0 Å². The van der Waals surface area contributed by atoms with Gasteiger partial charge < -0.3 is 11.1 Å². The van der Waals surface area contributed by atoms with Gasteiger partial charge in [-0.3, -0.25) is 4.99 Å². The minimum atomic E-state index is 0.619. The molecule has 0 aromatic carbocycles. The molecule has 0 atom stereocenters. The smallest absolute Gasteiger partial charge is 0.188 e. The molecular formula is C13H29N3. The van der Waals surface area contributed by atoms with E-state index in [0.29, 0.717) is 5.96 Å². The van der Waals surface area contributed by atoms with Crippen molar-refractivity contribution in [1.82, 2.24) is 5.32 Å². The number of unbranched alkanes of at least 4 members (excludes halogenated alkanes) is 6. The third-order valence-corrected chi connectivity index (χ3v) is 2.63. The van der Waals surface area contributed by atoms with E-state index in [4.69, 9.17) is 5.73 Å². The maximum absolute atomic E-state index is 5.74. The van der Waals surface area contributed by atoms with Crippen molar-refractivity contribution >= 4 is 5.96 Å². The molecule has 3 heteroatoms. The van der Waals surface area contributed by atoms with E-state index in [-0.39, 0.29) is 0 Å². The fourth-order valence-corrected chi connectivity index (χ4v) is 1.56. The molecule has 0 bridgehead atoms. The molecule has 0 aromatic heterocycles. The second-order valence-corrected chi connectivity index (χ2v) is 4.32. The first-order valence-electron chi connectivity index (χ1n) is 6.85. The third-order valence-electron chi connectivity index (χ3n) is 2.63. The number of hydrogen-bond donors (Lipinski definition) is 2. The van der Waals surface area contributed by atoms with Crippen LogP contribution in [0.3, 0.4) is 0 Å². The summed E-state index contributed by atoms with van der Waals surface area (Å²) in [5, 5.41) is 3.16. The summed E-state index contributed by atoms with van der Waals surface area (Å²) in [4.78, 5) is 4.30. The van der Waals surface area contributed by atoms with E-state index < -0.39 is 0 Å². The molecule has 0 fully saturated rings. The minimum absolute atomic E-state index is 0.619. The first kappa shape index (κ1) is 15.3. The molecule has 0 amide bonds. The van der Waals surface area contributed by atoms with Gasteiger partial charge in [-0.25, -0.2) is 0 Å². The summed E-state index contributed by atoms with van der Waals surface area (Å²) in [5.41, 5.74) is 5.74. The lowest BCUT2D eigenvalue weighted by molar-refractivity contribution is 0.649. The summed E-state index contributed by atoms with van der Waals surface area (Å²) in [6.45, 7) is 6.27. The van der Waals surface area contributed by atoms with Crippen LogP contribution in [0.5, 0.6) is 0 Å². The molecule has 96 valence electrons. The first-order chi connectivity index (χ1) is 7.81. The molecule has 0 aliphatic rings. The molecule has 0 saturated carbocycles. The Hall–Kier alpha value is -0.730. The number of rotatable bonds is 10. The lowest BCUT2D eigenvalue weighted by atomic mass is 10.2. The van der Waals surface area contributed by atoms with Crippen molar-refractivity contribution in [2.75, 3.05) is 13.1 Å². The summed E-state index contributed by atoms with van der Waals surface area (Å²) >= 11 is 0. The Kier molecular flexibility index (Phi) is 11.8. The van der Waals surface area contributed by atoms with Crippen LogP contribution in [0.2, 0.25) is 0 Å². The van der Waals surface area contributed by atoms with Crippen LogP contribution in [-0.2, 0) is 0 Å². The zero-order valence-corrected chi connectivity index (χ0v) is 11.1. The Balaban J connectivity index is 3.27.